The topological polar surface area (TPSA) is 18.5 Å². The van der Waals surface area contributed by atoms with E-state index in [-0.39, 0.29) is 0 Å². The van der Waals surface area contributed by atoms with Crippen LogP contribution in [0, 0.1) is 13.8 Å². The number of benzene rings is 4. The number of para-hydroxylation sites is 2. The SMILES string of the molecule is C=C(c1ccc(Oc2ccccc2C)cc1)c1ccc(Oc2ccccc2C)cc1. The first-order valence-electron chi connectivity index (χ1n) is 9.97. The molecule has 0 saturated heterocycles. The first-order valence-corrected chi connectivity index (χ1v) is 9.97. The van der Waals surface area contributed by atoms with Gasteiger partial charge in [0.15, 0.2) is 0 Å². The summed E-state index contributed by atoms with van der Waals surface area (Å²) in [6.45, 7) is 8.35. The van der Waals surface area contributed by atoms with E-state index >= 15 is 0 Å². The molecule has 0 saturated carbocycles. The van der Waals surface area contributed by atoms with Crippen LogP contribution < -0.4 is 9.47 Å². The molecule has 0 aliphatic heterocycles. The zero-order chi connectivity index (χ0) is 20.9. The van der Waals surface area contributed by atoms with Gasteiger partial charge >= 0.3 is 0 Å². The fourth-order valence-corrected chi connectivity index (χ4v) is 3.21. The first-order chi connectivity index (χ1) is 14.6. The Balaban J connectivity index is 1.45. The summed E-state index contributed by atoms with van der Waals surface area (Å²) in [4.78, 5) is 0. The first kappa shape index (κ1) is 19.5. The molecule has 4 aromatic carbocycles. The van der Waals surface area contributed by atoms with Crippen LogP contribution in [-0.4, -0.2) is 0 Å². The third kappa shape index (κ3) is 4.44. The number of ether oxygens (including phenoxy) is 2. The van der Waals surface area contributed by atoms with Crippen molar-refractivity contribution in [3.05, 3.63) is 126 Å². The lowest BCUT2D eigenvalue weighted by Crippen LogP contribution is -1.90. The average molecular weight is 392 g/mol. The largest absolute Gasteiger partial charge is 0.457 e. The highest BCUT2D eigenvalue weighted by molar-refractivity contribution is 5.78. The van der Waals surface area contributed by atoms with E-state index in [9.17, 15) is 0 Å². The predicted molar refractivity (Wildman–Crippen MR) is 124 cm³/mol. The second-order valence-corrected chi connectivity index (χ2v) is 7.26. The molecule has 4 aromatic rings. The van der Waals surface area contributed by atoms with Gasteiger partial charge in [-0.15, -0.1) is 0 Å². The molecule has 0 aliphatic carbocycles. The van der Waals surface area contributed by atoms with Gasteiger partial charge < -0.3 is 9.47 Å². The molecule has 0 bridgehead atoms. The van der Waals surface area contributed by atoms with Gasteiger partial charge in [-0.25, -0.2) is 0 Å². The van der Waals surface area contributed by atoms with Gasteiger partial charge in [0.25, 0.3) is 0 Å². The predicted octanol–water partition coefficient (Wildman–Crippen LogP) is 7.95. The molecule has 0 unspecified atom stereocenters. The van der Waals surface area contributed by atoms with Crippen molar-refractivity contribution in [1.82, 2.24) is 0 Å². The molecule has 0 amide bonds. The molecule has 0 atom stereocenters. The van der Waals surface area contributed by atoms with E-state index < -0.39 is 0 Å². The molecule has 0 heterocycles. The Hall–Kier alpha value is -3.78. The van der Waals surface area contributed by atoms with E-state index in [0.717, 1.165) is 50.8 Å². The number of hydrogen-bond donors (Lipinski definition) is 0. The fraction of sp³-hybridized carbons (Fsp3) is 0.0714. The lowest BCUT2D eigenvalue weighted by molar-refractivity contribution is 0.479. The Labute approximate surface area is 178 Å². The van der Waals surface area contributed by atoms with Gasteiger partial charge in [0.05, 0.1) is 0 Å². The normalized spacial score (nSPS) is 10.5. The van der Waals surface area contributed by atoms with Crippen molar-refractivity contribution in [2.45, 2.75) is 13.8 Å². The van der Waals surface area contributed by atoms with E-state index in [4.69, 9.17) is 9.47 Å². The Morgan fingerprint density at radius 2 is 0.900 bits per heavy atom. The van der Waals surface area contributed by atoms with Crippen LogP contribution in [0.2, 0.25) is 0 Å². The summed E-state index contributed by atoms with van der Waals surface area (Å²) in [6, 6.07) is 32.0. The molecule has 30 heavy (non-hydrogen) atoms. The van der Waals surface area contributed by atoms with Crippen LogP contribution in [0.15, 0.2) is 104 Å². The molecule has 0 aliphatic rings. The van der Waals surface area contributed by atoms with Crippen molar-refractivity contribution < 1.29 is 9.47 Å². The van der Waals surface area contributed by atoms with Gasteiger partial charge in [-0.2, -0.15) is 0 Å². The molecule has 0 spiro atoms. The van der Waals surface area contributed by atoms with Crippen LogP contribution in [0.3, 0.4) is 0 Å². The molecule has 4 rings (SSSR count). The highest BCUT2D eigenvalue weighted by Crippen LogP contribution is 2.30. The average Bonchev–Trinajstić information content (AvgIpc) is 2.77. The molecule has 0 aromatic heterocycles. The summed E-state index contributed by atoms with van der Waals surface area (Å²) in [5, 5.41) is 0. The van der Waals surface area contributed by atoms with Gasteiger partial charge in [0.2, 0.25) is 0 Å². The summed E-state index contributed by atoms with van der Waals surface area (Å²) in [6.07, 6.45) is 0. The molecule has 0 N–H and O–H groups in total. The van der Waals surface area contributed by atoms with Gasteiger partial charge in [0, 0.05) is 0 Å². The van der Waals surface area contributed by atoms with Gasteiger partial charge in [0.1, 0.15) is 23.0 Å². The van der Waals surface area contributed by atoms with Crippen molar-refractivity contribution in [1.29, 1.82) is 0 Å². The number of rotatable bonds is 6. The van der Waals surface area contributed by atoms with Crippen LogP contribution in [0.25, 0.3) is 5.57 Å². The molecular formula is C28H24O2. The third-order valence-electron chi connectivity index (χ3n) is 5.05. The third-order valence-corrected chi connectivity index (χ3v) is 5.05. The van der Waals surface area contributed by atoms with E-state index in [2.05, 4.69) is 6.58 Å². The minimum absolute atomic E-state index is 0.808. The smallest absolute Gasteiger partial charge is 0.130 e. The van der Waals surface area contributed by atoms with Crippen LogP contribution in [0.1, 0.15) is 22.3 Å². The number of hydrogen-bond acceptors (Lipinski definition) is 2. The zero-order valence-electron chi connectivity index (χ0n) is 17.3. The Morgan fingerprint density at radius 1 is 0.533 bits per heavy atom. The summed E-state index contributed by atoms with van der Waals surface area (Å²) in [5.74, 6) is 3.35. The fourth-order valence-electron chi connectivity index (χ4n) is 3.21. The molecule has 2 nitrogen and oxygen atoms in total. The second kappa shape index (κ2) is 8.71. The molecule has 148 valence electrons. The van der Waals surface area contributed by atoms with E-state index in [1.54, 1.807) is 0 Å². The molecule has 0 fully saturated rings. The quantitative estimate of drug-likeness (QED) is 0.331. The lowest BCUT2D eigenvalue weighted by atomic mass is 9.99. The highest BCUT2D eigenvalue weighted by Gasteiger charge is 2.06. The lowest BCUT2D eigenvalue weighted by Gasteiger charge is -2.12. The Kier molecular flexibility index (Phi) is 5.67. The maximum atomic E-state index is 5.99. The second-order valence-electron chi connectivity index (χ2n) is 7.26. The minimum atomic E-state index is 0.808. The summed E-state index contributed by atoms with van der Waals surface area (Å²) >= 11 is 0. The van der Waals surface area contributed by atoms with Crippen LogP contribution in [-0.2, 0) is 0 Å². The van der Waals surface area contributed by atoms with Crippen molar-refractivity contribution >= 4 is 5.57 Å². The zero-order valence-corrected chi connectivity index (χ0v) is 17.3. The van der Waals surface area contributed by atoms with Crippen molar-refractivity contribution in [3.63, 3.8) is 0 Å². The van der Waals surface area contributed by atoms with E-state index in [1.807, 2.05) is 111 Å². The van der Waals surface area contributed by atoms with Crippen LogP contribution in [0.4, 0.5) is 0 Å². The molecule has 2 heteroatoms. The highest BCUT2D eigenvalue weighted by atomic mass is 16.5. The maximum Gasteiger partial charge on any atom is 0.130 e. The van der Waals surface area contributed by atoms with Gasteiger partial charge in [-0.1, -0.05) is 67.2 Å². The monoisotopic (exact) mass is 392 g/mol. The van der Waals surface area contributed by atoms with Crippen molar-refractivity contribution in [2.24, 2.45) is 0 Å². The summed E-state index contributed by atoms with van der Waals surface area (Å²) in [7, 11) is 0. The summed E-state index contributed by atoms with van der Waals surface area (Å²) < 4.78 is 12.0. The number of aryl methyl sites for hydroxylation is 2. The standard InChI is InChI=1S/C28H24O2/c1-20-8-4-6-10-27(20)29-25-16-12-23(13-17-25)22(3)24-14-18-26(19-15-24)30-28-11-7-5-9-21(28)2/h4-19H,3H2,1-2H3. The van der Waals surface area contributed by atoms with Gasteiger partial charge in [-0.3, -0.25) is 0 Å². The molecule has 0 radical (unpaired) electrons. The van der Waals surface area contributed by atoms with Crippen molar-refractivity contribution in [2.75, 3.05) is 0 Å². The maximum absolute atomic E-state index is 5.99. The van der Waals surface area contributed by atoms with Crippen molar-refractivity contribution in [3.8, 4) is 23.0 Å². The van der Waals surface area contributed by atoms with E-state index in [1.165, 1.54) is 0 Å². The minimum Gasteiger partial charge on any atom is -0.457 e. The van der Waals surface area contributed by atoms with Crippen LogP contribution in [0.5, 0.6) is 23.0 Å². The summed E-state index contributed by atoms with van der Waals surface area (Å²) in [5.41, 5.74) is 5.29. The van der Waals surface area contributed by atoms with E-state index in [0.29, 0.717) is 0 Å². The Bertz CT molecular complexity index is 1060. The Morgan fingerprint density at radius 3 is 1.27 bits per heavy atom. The van der Waals surface area contributed by atoms with Crippen LogP contribution >= 0.6 is 0 Å². The molecular weight excluding hydrogens is 368 g/mol. The van der Waals surface area contributed by atoms with Gasteiger partial charge in [-0.05, 0) is 78.1 Å².